The average molecular weight is 346 g/mol. The van der Waals surface area contributed by atoms with Crippen LogP contribution in [-0.4, -0.2) is 42.3 Å². The summed E-state index contributed by atoms with van der Waals surface area (Å²) in [4.78, 5) is 12.1. The average Bonchev–Trinajstić information content (AvgIpc) is 2.92. The van der Waals surface area contributed by atoms with E-state index in [0.29, 0.717) is 39.1 Å². The van der Waals surface area contributed by atoms with Crippen molar-refractivity contribution in [3.63, 3.8) is 0 Å². The molecule has 3 fully saturated rings. The largest absolute Gasteiger partial charge is 0.451 e. The highest BCUT2D eigenvalue weighted by Crippen LogP contribution is 2.51. The van der Waals surface area contributed by atoms with Gasteiger partial charge in [0, 0.05) is 19.3 Å². The fourth-order valence-corrected chi connectivity index (χ4v) is 4.54. The highest BCUT2D eigenvalue weighted by Gasteiger charge is 2.65. The lowest BCUT2D eigenvalue weighted by atomic mass is 9.75. The van der Waals surface area contributed by atoms with Crippen molar-refractivity contribution >= 4 is 5.97 Å². The van der Waals surface area contributed by atoms with Crippen LogP contribution in [0.1, 0.15) is 37.3 Å². The fourth-order valence-electron chi connectivity index (χ4n) is 4.54. The van der Waals surface area contributed by atoms with Crippen molar-refractivity contribution in [1.82, 2.24) is 0 Å². The molecule has 3 heterocycles. The number of ether oxygens (including phenoxy) is 5. The SMILES string of the molecule is C[C@@H]1O[C@@H]2CC3(C[C@@H]4OCC[C@@]42OC1=O)OCc1ccccc1CO3. The number of esters is 1. The summed E-state index contributed by atoms with van der Waals surface area (Å²) in [5.41, 5.74) is 1.60. The zero-order chi connectivity index (χ0) is 17.1. The normalized spacial score (nSPS) is 39.1. The van der Waals surface area contributed by atoms with Crippen LogP contribution in [0.15, 0.2) is 24.3 Å². The van der Waals surface area contributed by atoms with Gasteiger partial charge in [-0.2, -0.15) is 0 Å². The lowest BCUT2D eigenvalue weighted by molar-refractivity contribution is -0.329. The van der Waals surface area contributed by atoms with Gasteiger partial charge in [-0.3, -0.25) is 0 Å². The van der Waals surface area contributed by atoms with Crippen molar-refractivity contribution in [2.75, 3.05) is 6.61 Å². The summed E-state index contributed by atoms with van der Waals surface area (Å²) in [6.45, 7) is 3.28. The third-order valence-corrected chi connectivity index (χ3v) is 5.99. The summed E-state index contributed by atoms with van der Waals surface area (Å²) >= 11 is 0. The third kappa shape index (κ3) is 2.35. The molecule has 1 aliphatic carbocycles. The minimum absolute atomic E-state index is 0.260. The minimum Gasteiger partial charge on any atom is -0.451 e. The van der Waals surface area contributed by atoms with Crippen LogP contribution in [0.4, 0.5) is 0 Å². The summed E-state index contributed by atoms with van der Waals surface area (Å²) in [7, 11) is 0. The molecule has 0 amide bonds. The second-order valence-electron chi connectivity index (χ2n) is 7.42. The maximum Gasteiger partial charge on any atom is 0.335 e. The van der Waals surface area contributed by atoms with Gasteiger partial charge in [-0.15, -0.1) is 0 Å². The van der Waals surface area contributed by atoms with Crippen molar-refractivity contribution < 1.29 is 28.5 Å². The summed E-state index contributed by atoms with van der Waals surface area (Å²) in [5, 5.41) is 0. The van der Waals surface area contributed by atoms with Crippen LogP contribution in [0.2, 0.25) is 0 Å². The molecule has 25 heavy (non-hydrogen) atoms. The minimum atomic E-state index is -0.772. The van der Waals surface area contributed by atoms with E-state index in [0.717, 1.165) is 11.1 Å². The number of hydrogen-bond donors (Lipinski definition) is 0. The summed E-state index contributed by atoms with van der Waals surface area (Å²) in [5.74, 6) is -1.08. The van der Waals surface area contributed by atoms with E-state index in [9.17, 15) is 4.79 Å². The summed E-state index contributed by atoms with van der Waals surface area (Å²) < 4.78 is 30.3. The first kappa shape index (κ1) is 15.8. The maximum atomic E-state index is 12.1. The molecule has 2 saturated heterocycles. The van der Waals surface area contributed by atoms with E-state index in [1.165, 1.54) is 0 Å². The Kier molecular flexibility index (Phi) is 3.47. The Morgan fingerprint density at radius 1 is 1.04 bits per heavy atom. The fraction of sp³-hybridized carbons (Fsp3) is 0.632. The predicted molar refractivity (Wildman–Crippen MR) is 85.5 cm³/mol. The van der Waals surface area contributed by atoms with Crippen LogP contribution in [0.3, 0.4) is 0 Å². The van der Waals surface area contributed by atoms with Crippen molar-refractivity contribution in [2.45, 2.75) is 69.1 Å². The molecule has 6 heteroatoms. The number of hydrogen-bond acceptors (Lipinski definition) is 6. The smallest absolute Gasteiger partial charge is 0.335 e. The van der Waals surface area contributed by atoms with Gasteiger partial charge < -0.3 is 23.7 Å². The van der Waals surface area contributed by atoms with E-state index >= 15 is 0 Å². The van der Waals surface area contributed by atoms with Crippen LogP contribution in [0.25, 0.3) is 0 Å². The molecule has 1 aromatic carbocycles. The first-order valence-electron chi connectivity index (χ1n) is 8.95. The Hall–Kier alpha value is -1.47. The number of carbonyl (C=O) groups is 1. The van der Waals surface area contributed by atoms with Gasteiger partial charge in [0.25, 0.3) is 0 Å². The quantitative estimate of drug-likeness (QED) is 0.670. The number of rotatable bonds is 0. The molecule has 1 saturated carbocycles. The molecule has 0 N–H and O–H groups in total. The predicted octanol–water partition coefficient (Wildman–Crippen LogP) is 2.08. The Bertz CT molecular complexity index is 676. The van der Waals surface area contributed by atoms with Crippen molar-refractivity contribution in [2.24, 2.45) is 0 Å². The highest BCUT2D eigenvalue weighted by atomic mass is 16.7. The second-order valence-corrected chi connectivity index (χ2v) is 7.42. The lowest BCUT2D eigenvalue weighted by Crippen LogP contribution is -2.66. The molecular weight excluding hydrogens is 324 g/mol. The Morgan fingerprint density at radius 2 is 1.72 bits per heavy atom. The molecule has 3 aliphatic heterocycles. The standard InChI is InChI=1S/C19H22O6/c1-12-17(20)25-19-6-7-21-15(19)8-18(9-16(19)24-12)22-10-13-4-2-3-5-14(13)11-23-18/h2-5,12,15-16H,6-11H2,1H3/t12-,15-,16+,19+/m0/s1. The summed E-state index contributed by atoms with van der Waals surface area (Å²) in [6.07, 6.45) is 0.638. The third-order valence-electron chi connectivity index (χ3n) is 5.99. The van der Waals surface area contributed by atoms with Gasteiger partial charge in [-0.1, -0.05) is 24.3 Å². The van der Waals surface area contributed by atoms with Crippen molar-refractivity contribution in [3.05, 3.63) is 35.4 Å². The number of benzene rings is 1. The zero-order valence-corrected chi connectivity index (χ0v) is 14.2. The Balaban J connectivity index is 1.45. The Morgan fingerprint density at radius 3 is 2.44 bits per heavy atom. The number of carbonyl (C=O) groups excluding carboxylic acids is 1. The lowest BCUT2D eigenvalue weighted by Gasteiger charge is -2.52. The van der Waals surface area contributed by atoms with Crippen LogP contribution >= 0.6 is 0 Å². The molecule has 4 atom stereocenters. The number of fused-ring (bicyclic) bond motifs is 1. The van der Waals surface area contributed by atoms with Gasteiger partial charge in [-0.05, 0) is 18.1 Å². The molecule has 1 aromatic rings. The molecule has 5 rings (SSSR count). The van der Waals surface area contributed by atoms with E-state index in [-0.39, 0.29) is 18.2 Å². The van der Waals surface area contributed by atoms with E-state index in [1.807, 2.05) is 12.1 Å². The van der Waals surface area contributed by atoms with Gasteiger partial charge >= 0.3 is 5.97 Å². The van der Waals surface area contributed by atoms with E-state index in [2.05, 4.69) is 12.1 Å². The second kappa shape index (κ2) is 5.51. The summed E-state index contributed by atoms with van der Waals surface area (Å²) in [6, 6.07) is 8.16. The molecule has 0 unspecified atom stereocenters. The first-order chi connectivity index (χ1) is 12.1. The van der Waals surface area contributed by atoms with Crippen LogP contribution in [0.5, 0.6) is 0 Å². The molecule has 0 aromatic heterocycles. The van der Waals surface area contributed by atoms with Crippen LogP contribution in [-0.2, 0) is 41.7 Å². The molecular formula is C19H22O6. The monoisotopic (exact) mass is 346 g/mol. The molecule has 4 aliphatic rings. The first-order valence-corrected chi connectivity index (χ1v) is 8.95. The van der Waals surface area contributed by atoms with Gasteiger partial charge in [0.1, 0.15) is 12.2 Å². The van der Waals surface area contributed by atoms with Gasteiger partial charge in [0.05, 0.1) is 19.8 Å². The maximum absolute atomic E-state index is 12.1. The topological polar surface area (TPSA) is 63.2 Å². The Labute approximate surface area is 146 Å². The van der Waals surface area contributed by atoms with Gasteiger partial charge in [-0.25, -0.2) is 4.79 Å². The molecule has 0 radical (unpaired) electrons. The van der Waals surface area contributed by atoms with E-state index in [1.54, 1.807) is 6.92 Å². The van der Waals surface area contributed by atoms with Gasteiger partial charge in [0.15, 0.2) is 17.5 Å². The van der Waals surface area contributed by atoms with Crippen LogP contribution < -0.4 is 0 Å². The van der Waals surface area contributed by atoms with Gasteiger partial charge in [0.2, 0.25) is 0 Å². The van der Waals surface area contributed by atoms with E-state index < -0.39 is 17.5 Å². The van der Waals surface area contributed by atoms with Crippen LogP contribution in [0, 0.1) is 0 Å². The molecule has 0 bridgehead atoms. The highest BCUT2D eigenvalue weighted by molar-refractivity contribution is 5.75. The molecule has 2 spiro atoms. The molecule has 6 nitrogen and oxygen atoms in total. The van der Waals surface area contributed by atoms with E-state index in [4.69, 9.17) is 23.7 Å². The molecule has 134 valence electrons. The zero-order valence-electron chi connectivity index (χ0n) is 14.2. The van der Waals surface area contributed by atoms with Crippen molar-refractivity contribution in [1.29, 1.82) is 0 Å². The van der Waals surface area contributed by atoms with Crippen molar-refractivity contribution in [3.8, 4) is 0 Å².